The zero-order valence-electron chi connectivity index (χ0n) is 20.5. The molecule has 36 heavy (non-hydrogen) atoms. The minimum Gasteiger partial charge on any atom is -0.508 e. The van der Waals surface area contributed by atoms with Gasteiger partial charge in [0.1, 0.15) is 5.75 Å². The van der Waals surface area contributed by atoms with Gasteiger partial charge in [-0.25, -0.2) is 13.1 Å². The summed E-state index contributed by atoms with van der Waals surface area (Å²) in [5.74, 6) is 0.170. The Balaban J connectivity index is 1.74. The normalized spacial score (nSPS) is 13.3. The number of hydrogen-bond donors (Lipinski definition) is 2. The van der Waals surface area contributed by atoms with Crippen LogP contribution in [0.1, 0.15) is 35.1 Å². The van der Waals surface area contributed by atoms with E-state index in [4.69, 9.17) is 0 Å². The summed E-state index contributed by atoms with van der Waals surface area (Å²) in [7, 11) is -3.69. The number of sulfonamides is 1. The van der Waals surface area contributed by atoms with Crippen molar-refractivity contribution in [1.82, 2.24) is 4.72 Å². The Labute approximate surface area is 218 Å². The van der Waals surface area contributed by atoms with Crippen LogP contribution in [0.4, 0.5) is 0 Å². The highest BCUT2D eigenvalue weighted by Gasteiger charge is 2.28. The van der Waals surface area contributed by atoms with Crippen LogP contribution >= 0.6 is 11.8 Å². The predicted molar refractivity (Wildman–Crippen MR) is 148 cm³/mol. The molecule has 2 atom stereocenters. The average molecular weight is 518 g/mol. The molecule has 4 nitrogen and oxygen atoms in total. The highest BCUT2D eigenvalue weighted by molar-refractivity contribution is 8.00. The van der Waals surface area contributed by atoms with Crippen LogP contribution in [-0.2, 0) is 16.4 Å². The van der Waals surface area contributed by atoms with E-state index in [1.165, 1.54) is 0 Å². The van der Waals surface area contributed by atoms with Gasteiger partial charge in [-0.15, -0.1) is 11.8 Å². The Morgan fingerprint density at radius 2 is 1.47 bits per heavy atom. The third-order valence-electron chi connectivity index (χ3n) is 6.21. The van der Waals surface area contributed by atoms with E-state index in [2.05, 4.69) is 16.9 Å². The van der Waals surface area contributed by atoms with E-state index >= 15 is 0 Å². The van der Waals surface area contributed by atoms with Crippen LogP contribution < -0.4 is 4.72 Å². The van der Waals surface area contributed by atoms with Crippen LogP contribution in [0.3, 0.4) is 0 Å². The molecule has 4 aromatic carbocycles. The molecule has 2 N–H and O–H groups in total. The first-order valence-electron chi connectivity index (χ1n) is 12.0. The van der Waals surface area contributed by atoms with Crippen molar-refractivity contribution < 1.29 is 13.5 Å². The molecule has 0 spiro atoms. The Bertz CT molecular complexity index is 1370. The van der Waals surface area contributed by atoms with Crippen LogP contribution in [0, 0.1) is 6.92 Å². The fourth-order valence-corrected chi connectivity index (χ4v) is 6.70. The van der Waals surface area contributed by atoms with E-state index in [0.29, 0.717) is 6.42 Å². The monoisotopic (exact) mass is 517 g/mol. The van der Waals surface area contributed by atoms with Gasteiger partial charge in [0.25, 0.3) is 0 Å². The molecule has 0 amide bonds. The zero-order chi connectivity index (χ0) is 25.5. The number of phenols is 1. The number of rotatable bonds is 10. The summed E-state index contributed by atoms with van der Waals surface area (Å²) in [6.07, 6.45) is 0.706. The van der Waals surface area contributed by atoms with E-state index < -0.39 is 10.0 Å². The number of thioether (sulfide) groups is 1. The lowest BCUT2D eigenvalue weighted by Gasteiger charge is -2.29. The summed E-state index contributed by atoms with van der Waals surface area (Å²) in [5, 5.41) is 10.2. The van der Waals surface area contributed by atoms with Gasteiger partial charge in [-0.2, -0.15) is 0 Å². The topological polar surface area (TPSA) is 66.4 Å². The molecule has 0 bridgehead atoms. The predicted octanol–water partition coefficient (Wildman–Crippen LogP) is 6.53. The Morgan fingerprint density at radius 3 is 2.11 bits per heavy atom. The molecule has 0 aromatic heterocycles. The molecule has 0 fully saturated rings. The molecule has 0 aliphatic heterocycles. The number of benzene rings is 4. The van der Waals surface area contributed by atoms with Crippen molar-refractivity contribution in [2.75, 3.05) is 6.54 Å². The highest BCUT2D eigenvalue weighted by Crippen LogP contribution is 2.39. The fraction of sp³-hybridized carbons (Fsp3) is 0.200. The standard InChI is InChI=1S/C30H31NO3S2/c1-3-23-20-25(16-19-28(23)32)30(24-10-6-4-7-11-24)29(35-26-12-8-5-9-13-26)21-31-36(33,34)27-17-14-22(2)15-18-27/h4-20,29-32H,3,21H2,1-2H3/t29-,30-/m0/s1. The summed E-state index contributed by atoms with van der Waals surface area (Å²) in [4.78, 5) is 1.32. The van der Waals surface area contributed by atoms with Gasteiger partial charge >= 0.3 is 0 Å². The number of nitrogens with one attached hydrogen (secondary N) is 1. The van der Waals surface area contributed by atoms with Crippen LogP contribution in [-0.4, -0.2) is 25.3 Å². The zero-order valence-corrected chi connectivity index (χ0v) is 22.1. The molecule has 0 radical (unpaired) electrons. The number of hydrogen-bond acceptors (Lipinski definition) is 4. The molecular formula is C30H31NO3S2. The number of phenolic OH excluding ortho intramolecular Hbond substituents is 1. The smallest absolute Gasteiger partial charge is 0.240 e. The van der Waals surface area contributed by atoms with E-state index in [1.54, 1.807) is 42.1 Å². The Kier molecular flexibility index (Phi) is 8.52. The first kappa shape index (κ1) is 26.0. The molecule has 0 unspecified atom stereocenters. The fourth-order valence-electron chi connectivity index (χ4n) is 4.26. The van der Waals surface area contributed by atoms with E-state index in [-0.39, 0.29) is 28.4 Å². The molecule has 0 aliphatic rings. The van der Waals surface area contributed by atoms with Gasteiger partial charge in [0.05, 0.1) is 4.90 Å². The summed E-state index contributed by atoms with van der Waals surface area (Å²) in [6.45, 7) is 4.18. The van der Waals surface area contributed by atoms with Crippen LogP contribution in [0.15, 0.2) is 113 Å². The van der Waals surface area contributed by atoms with E-state index in [1.807, 2.05) is 74.5 Å². The van der Waals surface area contributed by atoms with Crippen molar-refractivity contribution in [1.29, 1.82) is 0 Å². The molecule has 4 rings (SSSR count). The van der Waals surface area contributed by atoms with Crippen molar-refractivity contribution >= 4 is 21.8 Å². The van der Waals surface area contributed by atoms with Crippen molar-refractivity contribution in [3.05, 3.63) is 125 Å². The van der Waals surface area contributed by atoms with Crippen molar-refractivity contribution in [3.8, 4) is 5.75 Å². The largest absolute Gasteiger partial charge is 0.508 e. The van der Waals surface area contributed by atoms with Gasteiger partial charge < -0.3 is 5.11 Å². The Morgan fingerprint density at radius 1 is 0.833 bits per heavy atom. The van der Waals surface area contributed by atoms with Gasteiger partial charge in [-0.3, -0.25) is 0 Å². The molecule has 0 saturated carbocycles. The summed E-state index contributed by atoms with van der Waals surface area (Å²) >= 11 is 1.65. The molecule has 6 heteroatoms. The van der Waals surface area contributed by atoms with Crippen molar-refractivity contribution in [2.24, 2.45) is 0 Å². The second-order valence-corrected chi connectivity index (χ2v) is 11.8. The van der Waals surface area contributed by atoms with Gasteiger partial charge in [0, 0.05) is 22.6 Å². The molecule has 0 saturated heterocycles. The van der Waals surface area contributed by atoms with Gasteiger partial charge in [-0.1, -0.05) is 85.3 Å². The number of aromatic hydroxyl groups is 1. The van der Waals surface area contributed by atoms with Crippen LogP contribution in [0.2, 0.25) is 0 Å². The summed E-state index contributed by atoms with van der Waals surface area (Å²) in [5.41, 5.74) is 4.01. The third-order valence-corrected chi connectivity index (χ3v) is 8.94. The second kappa shape index (κ2) is 11.8. The lowest BCUT2D eigenvalue weighted by atomic mass is 9.87. The van der Waals surface area contributed by atoms with Crippen molar-refractivity contribution in [2.45, 2.75) is 41.2 Å². The van der Waals surface area contributed by atoms with Crippen molar-refractivity contribution in [3.63, 3.8) is 0 Å². The van der Waals surface area contributed by atoms with E-state index in [0.717, 1.165) is 27.1 Å². The average Bonchev–Trinajstić information content (AvgIpc) is 2.90. The van der Waals surface area contributed by atoms with Crippen LogP contribution in [0.5, 0.6) is 5.75 Å². The quantitative estimate of drug-likeness (QED) is 0.235. The summed E-state index contributed by atoms with van der Waals surface area (Å²) < 4.78 is 29.3. The van der Waals surface area contributed by atoms with E-state index in [9.17, 15) is 13.5 Å². The van der Waals surface area contributed by atoms with Gasteiger partial charge in [-0.05, 0) is 60.4 Å². The summed E-state index contributed by atoms with van der Waals surface area (Å²) in [6, 6.07) is 32.8. The molecule has 186 valence electrons. The van der Waals surface area contributed by atoms with Crippen LogP contribution in [0.25, 0.3) is 0 Å². The number of aryl methyl sites for hydroxylation is 2. The van der Waals surface area contributed by atoms with Gasteiger partial charge in [0.2, 0.25) is 10.0 Å². The molecule has 0 heterocycles. The minimum absolute atomic E-state index is 0.108. The molecule has 0 aliphatic carbocycles. The van der Waals surface area contributed by atoms with Gasteiger partial charge in [0.15, 0.2) is 0 Å². The SMILES string of the molecule is CCc1cc([C@H](c2ccccc2)[C@H](CNS(=O)(=O)c2ccc(C)cc2)Sc2ccccc2)ccc1O. The highest BCUT2D eigenvalue weighted by atomic mass is 32.2. The maximum absolute atomic E-state index is 13.2. The molecular weight excluding hydrogens is 486 g/mol. The molecule has 4 aromatic rings. The maximum atomic E-state index is 13.2. The lowest BCUT2D eigenvalue weighted by molar-refractivity contribution is 0.468. The third kappa shape index (κ3) is 6.38. The lowest BCUT2D eigenvalue weighted by Crippen LogP contribution is -2.34. The first-order chi connectivity index (χ1) is 17.4. The second-order valence-electron chi connectivity index (χ2n) is 8.76. The Hall–Kier alpha value is -3.06. The maximum Gasteiger partial charge on any atom is 0.240 e. The first-order valence-corrected chi connectivity index (χ1v) is 14.4. The minimum atomic E-state index is -3.69.